The molecule has 0 saturated carbocycles. The summed E-state index contributed by atoms with van der Waals surface area (Å²) in [6, 6.07) is -0.0340. The van der Waals surface area contributed by atoms with Crippen molar-refractivity contribution in [2.24, 2.45) is 0 Å². The molecule has 19 heavy (non-hydrogen) atoms. The van der Waals surface area contributed by atoms with Crippen LogP contribution in [0, 0.1) is 0 Å². The van der Waals surface area contributed by atoms with E-state index in [1.54, 1.807) is 11.8 Å². The van der Waals surface area contributed by atoms with Gasteiger partial charge in [-0.15, -0.1) is 0 Å². The fourth-order valence-corrected chi connectivity index (χ4v) is 3.07. The van der Waals surface area contributed by atoms with Crippen LogP contribution in [0.2, 0.25) is 0 Å². The van der Waals surface area contributed by atoms with Gasteiger partial charge < -0.3 is 15.3 Å². The molecule has 0 spiro atoms. The predicted molar refractivity (Wildman–Crippen MR) is 71.0 cm³/mol. The molecule has 2 fully saturated rings. The van der Waals surface area contributed by atoms with Crippen LogP contribution in [0.4, 0.5) is 4.79 Å². The van der Waals surface area contributed by atoms with E-state index in [-0.39, 0.29) is 6.03 Å². The largest absolute Gasteiger partial charge is 0.480 e. The minimum atomic E-state index is -0.968. The second-order valence-electron chi connectivity index (χ2n) is 5.53. The molecule has 0 aromatic heterocycles. The third kappa shape index (κ3) is 3.00. The maximum atomic E-state index is 12.1. The molecule has 3 atom stereocenters. The molecule has 6 nitrogen and oxygen atoms in total. The van der Waals surface area contributed by atoms with Gasteiger partial charge in [0, 0.05) is 25.2 Å². The van der Waals surface area contributed by atoms with Crippen molar-refractivity contribution in [1.29, 1.82) is 0 Å². The number of nitrogens with one attached hydrogen (secondary N) is 1. The van der Waals surface area contributed by atoms with Crippen LogP contribution in [-0.2, 0) is 4.79 Å². The van der Waals surface area contributed by atoms with Crippen molar-refractivity contribution in [3.63, 3.8) is 0 Å². The highest BCUT2D eigenvalue weighted by atomic mass is 16.4. The molecule has 6 heteroatoms. The molecule has 2 saturated heterocycles. The Kier molecular flexibility index (Phi) is 4.29. The number of nitrogens with zero attached hydrogens (tertiary/aromatic N) is 2. The molecule has 0 radical (unpaired) electrons. The number of likely N-dealkylation sites (tertiary alicyclic amines) is 1. The molecule has 2 aliphatic heterocycles. The summed E-state index contributed by atoms with van der Waals surface area (Å²) in [4.78, 5) is 27.2. The summed E-state index contributed by atoms with van der Waals surface area (Å²) in [7, 11) is 2.12. The van der Waals surface area contributed by atoms with Gasteiger partial charge in [-0.3, -0.25) is 4.90 Å². The second kappa shape index (κ2) is 5.77. The fraction of sp³-hybridized carbons (Fsp3) is 0.846. The topological polar surface area (TPSA) is 72.9 Å². The van der Waals surface area contributed by atoms with Crippen LogP contribution in [0.25, 0.3) is 0 Å². The zero-order valence-corrected chi connectivity index (χ0v) is 11.6. The SMILES string of the molecule is CC[C@@H](NC(=O)N1CCC2CCC(C1)N2C)C(=O)O. The van der Waals surface area contributed by atoms with Crippen LogP contribution in [0.15, 0.2) is 0 Å². The standard InChI is InChI=1S/C13H23N3O3/c1-3-11(12(17)18)14-13(19)16-7-6-9-4-5-10(8-16)15(9)2/h9-11H,3-8H2,1-2H3,(H,14,19)(H,17,18)/t9?,10?,11-/m1/s1. The lowest BCUT2D eigenvalue weighted by Gasteiger charge is -2.27. The minimum Gasteiger partial charge on any atom is -0.480 e. The van der Waals surface area contributed by atoms with Gasteiger partial charge in [0.2, 0.25) is 0 Å². The van der Waals surface area contributed by atoms with Gasteiger partial charge >= 0.3 is 12.0 Å². The molecular weight excluding hydrogens is 246 g/mol. The zero-order valence-electron chi connectivity index (χ0n) is 11.6. The van der Waals surface area contributed by atoms with Crippen LogP contribution in [-0.4, -0.2) is 65.2 Å². The molecule has 2 N–H and O–H groups in total. The number of fused-ring (bicyclic) bond motifs is 2. The second-order valence-corrected chi connectivity index (χ2v) is 5.53. The summed E-state index contributed by atoms with van der Waals surface area (Å²) in [6.45, 7) is 3.18. The molecule has 2 heterocycles. The first-order chi connectivity index (χ1) is 9.02. The number of hydrogen-bond donors (Lipinski definition) is 2. The normalized spacial score (nSPS) is 28.8. The Hall–Kier alpha value is -1.30. The van der Waals surface area contributed by atoms with E-state index in [9.17, 15) is 9.59 Å². The van der Waals surface area contributed by atoms with E-state index in [0.717, 1.165) is 12.8 Å². The smallest absolute Gasteiger partial charge is 0.326 e. The quantitative estimate of drug-likeness (QED) is 0.792. The molecule has 0 aliphatic carbocycles. The van der Waals surface area contributed by atoms with Crippen molar-refractivity contribution in [3.8, 4) is 0 Å². The van der Waals surface area contributed by atoms with Crippen molar-refractivity contribution < 1.29 is 14.7 Å². The number of carboxylic acid groups (broad SMARTS) is 1. The number of carboxylic acids is 1. The lowest BCUT2D eigenvalue weighted by atomic mass is 10.1. The van der Waals surface area contributed by atoms with Gasteiger partial charge in [-0.05, 0) is 32.7 Å². The van der Waals surface area contributed by atoms with E-state index in [0.29, 0.717) is 31.6 Å². The van der Waals surface area contributed by atoms with Crippen LogP contribution < -0.4 is 5.32 Å². The number of urea groups is 1. The lowest BCUT2D eigenvalue weighted by molar-refractivity contribution is -0.139. The number of hydrogen-bond acceptors (Lipinski definition) is 3. The number of rotatable bonds is 3. The summed E-state index contributed by atoms with van der Waals surface area (Å²) in [5.74, 6) is -0.968. The molecular formula is C13H23N3O3. The van der Waals surface area contributed by atoms with Gasteiger partial charge in [0.15, 0.2) is 0 Å². The predicted octanol–water partition coefficient (Wildman–Crippen LogP) is 0.728. The fourth-order valence-electron chi connectivity index (χ4n) is 3.07. The van der Waals surface area contributed by atoms with Crippen molar-refractivity contribution in [3.05, 3.63) is 0 Å². The average molecular weight is 269 g/mol. The van der Waals surface area contributed by atoms with E-state index in [1.807, 2.05) is 0 Å². The summed E-state index contributed by atoms with van der Waals surface area (Å²) >= 11 is 0. The number of amides is 2. The highest BCUT2D eigenvalue weighted by Gasteiger charge is 2.36. The van der Waals surface area contributed by atoms with Gasteiger partial charge in [-0.25, -0.2) is 9.59 Å². The van der Waals surface area contributed by atoms with Gasteiger partial charge in [0.1, 0.15) is 6.04 Å². The molecule has 0 aromatic rings. The molecule has 2 amide bonds. The lowest BCUT2D eigenvalue weighted by Crippen LogP contribution is -2.50. The highest BCUT2D eigenvalue weighted by Crippen LogP contribution is 2.28. The molecule has 2 aliphatic rings. The van der Waals surface area contributed by atoms with Crippen molar-refractivity contribution >= 4 is 12.0 Å². The number of likely N-dealkylation sites (N-methyl/N-ethyl adjacent to an activating group) is 1. The first-order valence-corrected chi connectivity index (χ1v) is 7.03. The Labute approximate surface area is 113 Å². The van der Waals surface area contributed by atoms with Crippen LogP contribution in [0.3, 0.4) is 0 Å². The molecule has 0 aromatic carbocycles. The minimum absolute atomic E-state index is 0.241. The maximum Gasteiger partial charge on any atom is 0.326 e. The first kappa shape index (κ1) is 14.1. The molecule has 2 bridgehead atoms. The summed E-state index contributed by atoms with van der Waals surface area (Å²) in [5, 5.41) is 11.6. The summed E-state index contributed by atoms with van der Waals surface area (Å²) in [5.41, 5.74) is 0. The van der Waals surface area contributed by atoms with Crippen LogP contribution in [0.5, 0.6) is 0 Å². The molecule has 108 valence electrons. The van der Waals surface area contributed by atoms with E-state index in [2.05, 4.69) is 17.3 Å². The maximum absolute atomic E-state index is 12.1. The summed E-state index contributed by atoms with van der Waals surface area (Å²) in [6.07, 6.45) is 3.72. The Morgan fingerprint density at radius 1 is 1.32 bits per heavy atom. The van der Waals surface area contributed by atoms with E-state index in [1.165, 1.54) is 6.42 Å². The van der Waals surface area contributed by atoms with Crippen molar-refractivity contribution in [2.45, 2.75) is 50.7 Å². The van der Waals surface area contributed by atoms with E-state index >= 15 is 0 Å². The summed E-state index contributed by atoms with van der Waals surface area (Å²) < 4.78 is 0. The monoisotopic (exact) mass is 269 g/mol. The highest BCUT2D eigenvalue weighted by molar-refractivity contribution is 5.82. The zero-order chi connectivity index (χ0) is 14.0. The third-order valence-corrected chi connectivity index (χ3v) is 4.44. The van der Waals surface area contributed by atoms with Gasteiger partial charge in [0.05, 0.1) is 0 Å². The van der Waals surface area contributed by atoms with E-state index in [4.69, 9.17) is 5.11 Å². The van der Waals surface area contributed by atoms with Crippen molar-refractivity contribution in [2.75, 3.05) is 20.1 Å². The third-order valence-electron chi connectivity index (χ3n) is 4.44. The van der Waals surface area contributed by atoms with Crippen molar-refractivity contribution in [1.82, 2.24) is 15.1 Å². The number of aliphatic carboxylic acids is 1. The van der Waals surface area contributed by atoms with Crippen LogP contribution in [0.1, 0.15) is 32.6 Å². The van der Waals surface area contributed by atoms with Gasteiger partial charge in [0.25, 0.3) is 0 Å². The first-order valence-electron chi connectivity index (χ1n) is 7.03. The Morgan fingerprint density at radius 3 is 2.63 bits per heavy atom. The average Bonchev–Trinajstić information content (AvgIpc) is 2.59. The Balaban J connectivity index is 1.94. The van der Waals surface area contributed by atoms with Gasteiger partial charge in [-0.2, -0.15) is 0 Å². The Bertz CT molecular complexity index is 361. The van der Waals surface area contributed by atoms with Gasteiger partial charge in [-0.1, -0.05) is 6.92 Å². The number of carbonyl (C=O) groups excluding carboxylic acids is 1. The van der Waals surface area contributed by atoms with E-state index < -0.39 is 12.0 Å². The Morgan fingerprint density at radius 2 is 2.00 bits per heavy atom. The molecule has 2 unspecified atom stereocenters. The molecule has 2 rings (SSSR count). The number of carbonyl (C=O) groups is 2. The van der Waals surface area contributed by atoms with Crippen LogP contribution >= 0.6 is 0 Å².